The summed E-state index contributed by atoms with van der Waals surface area (Å²) in [6.07, 6.45) is -1.19. The summed E-state index contributed by atoms with van der Waals surface area (Å²) in [6.45, 7) is 4.00. The highest BCUT2D eigenvalue weighted by atomic mass is 19.2. The van der Waals surface area contributed by atoms with Gasteiger partial charge in [-0.2, -0.15) is 0 Å². The second-order valence-corrected chi connectivity index (χ2v) is 4.50. The Morgan fingerprint density at radius 2 is 1.42 bits per heavy atom. The molecule has 0 aliphatic carbocycles. The van der Waals surface area contributed by atoms with Gasteiger partial charge in [0, 0.05) is 12.7 Å². The fraction of sp³-hybridized carbons (Fsp3) is 0.278. The number of benzene rings is 2. The Morgan fingerprint density at radius 3 is 1.88 bits per heavy atom. The fourth-order valence-corrected chi connectivity index (χ4v) is 2.05. The van der Waals surface area contributed by atoms with Crippen LogP contribution in [0.2, 0.25) is 0 Å². The van der Waals surface area contributed by atoms with Crippen LogP contribution >= 0.6 is 0 Å². The molecule has 130 valence electrons. The summed E-state index contributed by atoms with van der Waals surface area (Å²) in [4.78, 5) is 11.5. The minimum atomic E-state index is -1.19. The van der Waals surface area contributed by atoms with Crippen LogP contribution in [-0.4, -0.2) is 20.2 Å². The van der Waals surface area contributed by atoms with Gasteiger partial charge in [0.1, 0.15) is 5.82 Å². The highest BCUT2D eigenvalue weighted by Crippen LogP contribution is 2.27. The van der Waals surface area contributed by atoms with Crippen molar-refractivity contribution in [2.45, 2.75) is 20.0 Å². The molecule has 2 aromatic carbocycles. The summed E-state index contributed by atoms with van der Waals surface area (Å²) < 4.78 is 49.8. The zero-order chi connectivity index (χ0) is 18.3. The first kappa shape index (κ1) is 19.7. The number of esters is 1. The van der Waals surface area contributed by atoms with Gasteiger partial charge in [0.25, 0.3) is 0 Å². The van der Waals surface area contributed by atoms with E-state index >= 15 is 0 Å². The van der Waals surface area contributed by atoms with E-state index in [0.29, 0.717) is 11.1 Å². The van der Waals surface area contributed by atoms with Crippen molar-refractivity contribution in [3.05, 3.63) is 59.4 Å². The Bertz CT molecular complexity index is 702. The molecule has 0 N–H and O–H groups in total. The van der Waals surface area contributed by atoms with Gasteiger partial charge in [-0.15, -0.1) is 0 Å². The van der Waals surface area contributed by atoms with E-state index in [4.69, 9.17) is 4.74 Å². The van der Waals surface area contributed by atoms with E-state index in [1.54, 1.807) is 0 Å². The molecule has 24 heavy (non-hydrogen) atoms. The molecule has 0 saturated heterocycles. The van der Waals surface area contributed by atoms with Gasteiger partial charge in [0.15, 0.2) is 17.7 Å². The third kappa shape index (κ3) is 4.35. The summed E-state index contributed by atoms with van der Waals surface area (Å²) in [6, 6.07) is 7.22. The van der Waals surface area contributed by atoms with Crippen LogP contribution in [0.3, 0.4) is 0 Å². The number of hydrogen-bond acceptors (Lipinski definition) is 3. The Kier molecular flexibility index (Phi) is 7.45. The molecular formula is C18H19F3O3. The lowest BCUT2D eigenvalue weighted by atomic mass is 10.0. The molecule has 0 fully saturated rings. The van der Waals surface area contributed by atoms with Crippen molar-refractivity contribution in [3.63, 3.8) is 0 Å². The Morgan fingerprint density at radius 1 is 0.875 bits per heavy atom. The molecule has 0 spiro atoms. The van der Waals surface area contributed by atoms with Crippen molar-refractivity contribution in [3.8, 4) is 11.1 Å². The van der Waals surface area contributed by atoms with E-state index < -0.39 is 29.5 Å². The Labute approximate surface area is 139 Å². The molecule has 0 aliphatic heterocycles. The van der Waals surface area contributed by atoms with Crippen LogP contribution in [0.5, 0.6) is 0 Å². The van der Waals surface area contributed by atoms with Crippen molar-refractivity contribution in [2.24, 2.45) is 0 Å². The van der Waals surface area contributed by atoms with Gasteiger partial charge >= 0.3 is 5.97 Å². The molecule has 0 saturated carbocycles. The molecule has 0 amide bonds. The van der Waals surface area contributed by atoms with Crippen molar-refractivity contribution >= 4 is 5.97 Å². The van der Waals surface area contributed by atoms with Crippen molar-refractivity contribution in [1.82, 2.24) is 0 Å². The summed E-state index contributed by atoms with van der Waals surface area (Å²) in [5.74, 6) is -3.45. The average molecular weight is 340 g/mol. The summed E-state index contributed by atoms with van der Waals surface area (Å²) in [7, 11) is 2.42. The van der Waals surface area contributed by atoms with E-state index in [1.165, 1.54) is 32.4 Å². The van der Waals surface area contributed by atoms with Crippen molar-refractivity contribution in [1.29, 1.82) is 0 Å². The van der Waals surface area contributed by atoms with Gasteiger partial charge in [0.05, 0.1) is 7.11 Å². The predicted molar refractivity (Wildman–Crippen MR) is 84.9 cm³/mol. The lowest BCUT2D eigenvalue weighted by molar-refractivity contribution is -0.152. The minimum absolute atomic E-state index is 0.000633. The number of hydrogen-bond donors (Lipinski definition) is 0. The van der Waals surface area contributed by atoms with Crippen molar-refractivity contribution in [2.75, 3.05) is 14.2 Å². The molecule has 0 heterocycles. The maximum atomic E-state index is 14.2. The number of carbonyl (C=O) groups excluding carboxylic acids is 1. The molecule has 0 aliphatic rings. The van der Waals surface area contributed by atoms with Gasteiger partial charge in [-0.3, -0.25) is 0 Å². The van der Waals surface area contributed by atoms with Crippen molar-refractivity contribution < 1.29 is 27.4 Å². The monoisotopic (exact) mass is 340 g/mol. The second kappa shape index (κ2) is 9.08. The quantitative estimate of drug-likeness (QED) is 0.760. The summed E-state index contributed by atoms with van der Waals surface area (Å²) >= 11 is 0. The topological polar surface area (TPSA) is 35.5 Å². The van der Waals surface area contributed by atoms with Crippen LogP contribution in [0.15, 0.2) is 36.4 Å². The average Bonchev–Trinajstić information content (AvgIpc) is 2.60. The summed E-state index contributed by atoms with van der Waals surface area (Å²) in [5, 5.41) is 0. The van der Waals surface area contributed by atoms with E-state index in [0.717, 1.165) is 18.2 Å². The number of rotatable bonds is 4. The normalized spacial score (nSPS) is 11.3. The molecule has 2 aromatic rings. The molecule has 0 aromatic heterocycles. The molecule has 3 nitrogen and oxygen atoms in total. The van der Waals surface area contributed by atoms with E-state index in [9.17, 15) is 18.0 Å². The van der Waals surface area contributed by atoms with Crippen LogP contribution in [0, 0.1) is 17.5 Å². The van der Waals surface area contributed by atoms with E-state index in [-0.39, 0.29) is 5.56 Å². The minimum Gasteiger partial charge on any atom is -0.467 e. The Hall–Kier alpha value is -2.34. The zero-order valence-corrected chi connectivity index (χ0v) is 13.9. The summed E-state index contributed by atoms with van der Waals surface area (Å²) in [5.41, 5.74) is 0.664. The van der Waals surface area contributed by atoms with Gasteiger partial charge in [-0.25, -0.2) is 18.0 Å². The highest BCUT2D eigenvalue weighted by molar-refractivity contribution is 5.77. The maximum Gasteiger partial charge on any atom is 0.339 e. The first-order valence-corrected chi connectivity index (χ1v) is 7.33. The molecule has 1 atom stereocenters. The molecule has 6 heteroatoms. The predicted octanol–water partition coefficient (Wildman–Crippen LogP) is 4.66. The molecule has 2 rings (SSSR count). The van der Waals surface area contributed by atoms with Crippen LogP contribution in [0.4, 0.5) is 13.2 Å². The fourth-order valence-electron chi connectivity index (χ4n) is 2.05. The van der Waals surface area contributed by atoms with Gasteiger partial charge < -0.3 is 9.47 Å². The first-order chi connectivity index (χ1) is 11.5. The number of ether oxygens (including phenoxy) is 2. The lowest BCUT2D eigenvalue weighted by Gasteiger charge is -2.14. The van der Waals surface area contributed by atoms with Crippen LogP contribution in [0.25, 0.3) is 11.1 Å². The number of methoxy groups -OCH3 is 2. The smallest absolute Gasteiger partial charge is 0.339 e. The number of carbonyl (C=O) groups is 1. The molecule has 0 radical (unpaired) electrons. The van der Waals surface area contributed by atoms with Gasteiger partial charge in [-0.05, 0) is 29.3 Å². The lowest BCUT2D eigenvalue weighted by Crippen LogP contribution is -2.17. The van der Waals surface area contributed by atoms with Crippen LogP contribution in [0.1, 0.15) is 25.5 Å². The highest BCUT2D eigenvalue weighted by Gasteiger charge is 2.24. The van der Waals surface area contributed by atoms with Crippen LogP contribution in [-0.2, 0) is 14.3 Å². The molecular weight excluding hydrogens is 321 g/mol. The third-order valence-corrected chi connectivity index (χ3v) is 3.19. The number of halogens is 3. The molecule has 1 unspecified atom stereocenters. The van der Waals surface area contributed by atoms with E-state index in [2.05, 4.69) is 4.74 Å². The zero-order valence-electron chi connectivity index (χ0n) is 13.9. The Balaban J connectivity index is 0.00000139. The third-order valence-electron chi connectivity index (χ3n) is 3.19. The largest absolute Gasteiger partial charge is 0.467 e. The standard InChI is InChI=1S/C16H13F3O3.C2H6/c1-21-15(16(20)22-2)11-5-3-9(7-13(11)18)10-4-6-12(17)14(19)8-10;1-2/h3-8,15H,1-2H3;1-2H3. The van der Waals surface area contributed by atoms with E-state index in [1.807, 2.05) is 13.8 Å². The van der Waals surface area contributed by atoms with Gasteiger partial charge in [-0.1, -0.05) is 32.0 Å². The molecule has 0 bridgehead atoms. The van der Waals surface area contributed by atoms with Crippen LogP contribution < -0.4 is 0 Å². The maximum absolute atomic E-state index is 14.2. The van der Waals surface area contributed by atoms with Gasteiger partial charge in [0.2, 0.25) is 0 Å². The SMILES string of the molecule is CC.COC(=O)C(OC)c1ccc(-c2ccc(F)c(F)c2)cc1F. The first-order valence-electron chi connectivity index (χ1n) is 7.33. The second-order valence-electron chi connectivity index (χ2n) is 4.50.